The number of nitrogens with zero attached hydrogens (tertiary/aromatic N) is 2. The van der Waals surface area contributed by atoms with Crippen LogP contribution in [-0.2, 0) is 6.54 Å². The topological polar surface area (TPSA) is 66.9 Å². The van der Waals surface area contributed by atoms with Crippen LogP contribution in [0.3, 0.4) is 0 Å². The number of carbonyl (C=O) groups excluding carboxylic acids is 1. The van der Waals surface area contributed by atoms with E-state index >= 15 is 0 Å². The number of amides is 1. The minimum absolute atomic E-state index is 0.274. The highest BCUT2D eigenvalue weighted by Gasteiger charge is 2.12. The number of aryl methyl sites for hydroxylation is 3. The fraction of sp³-hybridized carbons (Fsp3) is 0.190. The van der Waals surface area contributed by atoms with E-state index in [1.165, 1.54) is 5.56 Å². The minimum atomic E-state index is -0.274. The molecule has 0 bridgehead atoms. The molecule has 27 heavy (non-hydrogen) atoms. The van der Waals surface area contributed by atoms with Gasteiger partial charge in [0.2, 0.25) is 0 Å². The zero-order valence-corrected chi connectivity index (χ0v) is 16.3. The van der Waals surface area contributed by atoms with E-state index in [0.717, 1.165) is 16.8 Å². The third kappa shape index (κ3) is 4.83. The zero-order chi connectivity index (χ0) is 19.4. The van der Waals surface area contributed by atoms with Gasteiger partial charge in [-0.3, -0.25) is 4.79 Å². The zero-order valence-electron chi connectivity index (χ0n) is 15.5. The van der Waals surface area contributed by atoms with Crippen LogP contribution in [0, 0.1) is 20.8 Å². The molecule has 1 heterocycles. The molecule has 1 amide bonds. The summed E-state index contributed by atoms with van der Waals surface area (Å²) < 4.78 is 0. The number of halogens is 1. The fourth-order valence-corrected chi connectivity index (χ4v) is 2.95. The van der Waals surface area contributed by atoms with Crippen LogP contribution in [0.5, 0.6) is 0 Å². The third-order valence-corrected chi connectivity index (χ3v) is 4.48. The van der Waals surface area contributed by atoms with Gasteiger partial charge in [0.25, 0.3) is 5.91 Å². The molecular weight excluding hydrogens is 360 g/mol. The van der Waals surface area contributed by atoms with E-state index in [2.05, 4.69) is 26.7 Å². The fourth-order valence-electron chi connectivity index (χ4n) is 2.75. The Bertz CT molecular complexity index is 988. The number of aromatic nitrogens is 2. The Morgan fingerprint density at radius 2 is 1.81 bits per heavy atom. The summed E-state index contributed by atoms with van der Waals surface area (Å²) in [4.78, 5) is 21.2. The Morgan fingerprint density at radius 1 is 1.04 bits per heavy atom. The molecule has 0 fully saturated rings. The van der Waals surface area contributed by atoms with Gasteiger partial charge in [-0.1, -0.05) is 47.5 Å². The van der Waals surface area contributed by atoms with Gasteiger partial charge in [0.15, 0.2) is 0 Å². The largest absolute Gasteiger partial charge is 0.347 e. The van der Waals surface area contributed by atoms with Gasteiger partial charge in [-0.2, -0.15) is 0 Å². The molecule has 2 N–H and O–H groups in total. The second kappa shape index (κ2) is 8.18. The van der Waals surface area contributed by atoms with Crippen molar-refractivity contribution in [2.45, 2.75) is 27.3 Å². The van der Waals surface area contributed by atoms with E-state index in [9.17, 15) is 4.79 Å². The molecule has 0 radical (unpaired) electrons. The van der Waals surface area contributed by atoms with Gasteiger partial charge in [-0.25, -0.2) is 9.97 Å². The molecule has 5 nitrogen and oxygen atoms in total. The Balaban J connectivity index is 1.76. The molecule has 0 aliphatic heterocycles. The van der Waals surface area contributed by atoms with Crippen LogP contribution < -0.4 is 10.6 Å². The van der Waals surface area contributed by atoms with Crippen LogP contribution in [-0.4, -0.2) is 15.9 Å². The molecule has 1 aromatic heterocycles. The summed E-state index contributed by atoms with van der Waals surface area (Å²) in [5, 5.41) is 6.74. The maximum absolute atomic E-state index is 12.5. The SMILES string of the molecule is Cc1ccc(Nc2cc(C(=O)NCc3ccccc3Cl)nc(C)n2)c(C)c1. The molecule has 0 atom stereocenters. The first-order chi connectivity index (χ1) is 12.9. The number of hydrogen-bond donors (Lipinski definition) is 2. The predicted octanol–water partition coefficient (Wildman–Crippen LogP) is 4.73. The van der Waals surface area contributed by atoms with Gasteiger partial charge in [0.1, 0.15) is 17.3 Å². The van der Waals surface area contributed by atoms with Gasteiger partial charge < -0.3 is 10.6 Å². The molecule has 2 aromatic carbocycles. The van der Waals surface area contributed by atoms with Crippen molar-refractivity contribution < 1.29 is 4.79 Å². The Hall–Kier alpha value is -2.92. The van der Waals surface area contributed by atoms with Crippen LogP contribution in [0.2, 0.25) is 5.02 Å². The standard InChI is InChI=1S/C21H21ClN4O/c1-13-8-9-18(14(2)10-13)26-20-11-19(24-15(3)25-20)21(27)23-12-16-6-4-5-7-17(16)22/h4-11H,12H2,1-3H3,(H,23,27)(H,24,25,26). The lowest BCUT2D eigenvalue weighted by Gasteiger charge is -2.12. The molecular formula is C21H21ClN4O. The van der Waals surface area contributed by atoms with Crippen molar-refractivity contribution in [1.29, 1.82) is 0 Å². The van der Waals surface area contributed by atoms with Gasteiger partial charge in [-0.15, -0.1) is 0 Å². The monoisotopic (exact) mass is 380 g/mol. The Kier molecular flexibility index (Phi) is 5.72. The summed E-state index contributed by atoms with van der Waals surface area (Å²) in [6.07, 6.45) is 0. The van der Waals surface area contributed by atoms with Crippen LogP contribution >= 0.6 is 11.6 Å². The number of hydrogen-bond acceptors (Lipinski definition) is 4. The molecule has 0 aliphatic rings. The van der Waals surface area contributed by atoms with Crippen molar-refractivity contribution in [3.8, 4) is 0 Å². The van der Waals surface area contributed by atoms with Gasteiger partial charge in [0, 0.05) is 23.3 Å². The van der Waals surface area contributed by atoms with Crippen molar-refractivity contribution in [3.63, 3.8) is 0 Å². The molecule has 0 saturated carbocycles. The average Bonchev–Trinajstić information content (AvgIpc) is 2.63. The summed E-state index contributed by atoms with van der Waals surface area (Å²) >= 11 is 6.13. The summed E-state index contributed by atoms with van der Waals surface area (Å²) in [5.74, 6) is 0.828. The second-order valence-corrected chi connectivity index (χ2v) is 6.81. The molecule has 6 heteroatoms. The molecule has 0 unspecified atom stereocenters. The maximum atomic E-state index is 12.5. The molecule has 3 aromatic rings. The van der Waals surface area contributed by atoms with E-state index in [0.29, 0.717) is 28.9 Å². The van der Waals surface area contributed by atoms with E-state index in [4.69, 9.17) is 11.6 Å². The summed E-state index contributed by atoms with van der Waals surface area (Å²) in [6.45, 7) is 6.17. The summed E-state index contributed by atoms with van der Waals surface area (Å²) in [7, 11) is 0. The van der Waals surface area contributed by atoms with E-state index in [1.807, 2.05) is 44.2 Å². The van der Waals surface area contributed by atoms with Gasteiger partial charge in [0.05, 0.1) is 0 Å². The molecule has 0 spiro atoms. The Labute approximate surface area is 163 Å². The molecule has 0 saturated heterocycles. The second-order valence-electron chi connectivity index (χ2n) is 6.40. The van der Waals surface area contributed by atoms with Crippen LogP contribution in [0.15, 0.2) is 48.5 Å². The van der Waals surface area contributed by atoms with E-state index in [-0.39, 0.29) is 5.91 Å². The van der Waals surface area contributed by atoms with Crippen LogP contribution in [0.4, 0.5) is 11.5 Å². The number of benzene rings is 2. The summed E-state index contributed by atoms with van der Waals surface area (Å²) in [6, 6.07) is 15.2. The smallest absolute Gasteiger partial charge is 0.270 e. The van der Waals surface area contributed by atoms with Gasteiger partial charge >= 0.3 is 0 Å². The van der Waals surface area contributed by atoms with Crippen molar-refractivity contribution in [2.24, 2.45) is 0 Å². The van der Waals surface area contributed by atoms with Crippen molar-refractivity contribution in [3.05, 3.63) is 81.8 Å². The first-order valence-electron chi connectivity index (χ1n) is 8.64. The summed E-state index contributed by atoms with van der Waals surface area (Å²) in [5.41, 5.74) is 4.41. The number of rotatable bonds is 5. The van der Waals surface area contributed by atoms with Crippen molar-refractivity contribution in [1.82, 2.24) is 15.3 Å². The lowest BCUT2D eigenvalue weighted by atomic mass is 10.1. The predicted molar refractivity (Wildman–Crippen MR) is 109 cm³/mol. The Morgan fingerprint density at radius 3 is 2.56 bits per heavy atom. The van der Waals surface area contributed by atoms with Crippen LogP contribution in [0.1, 0.15) is 33.0 Å². The number of carbonyl (C=O) groups is 1. The first-order valence-corrected chi connectivity index (χ1v) is 9.02. The molecule has 3 rings (SSSR count). The van der Waals surface area contributed by atoms with Crippen molar-refractivity contribution in [2.75, 3.05) is 5.32 Å². The van der Waals surface area contributed by atoms with E-state index in [1.54, 1.807) is 19.1 Å². The first kappa shape index (κ1) is 18.9. The van der Waals surface area contributed by atoms with Crippen LogP contribution in [0.25, 0.3) is 0 Å². The highest BCUT2D eigenvalue weighted by atomic mass is 35.5. The van der Waals surface area contributed by atoms with Crippen molar-refractivity contribution >= 4 is 29.0 Å². The normalized spacial score (nSPS) is 10.5. The number of anilines is 2. The van der Waals surface area contributed by atoms with E-state index < -0.39 is 0 Å². The highest BCUT2D eigenvalue weighted by Crippen LogP contribution is 2.21. The lowest BCUT2D eigenvalue weighted by molar-refractivity contribution is 0.0945. The maximum Gasteiger partial charge on any atom is 0.270 e. The quantitative estimate of drug-likeness (QED) is 0.671. The van der Waals surface area contributed by atoms with Gasteiger partial charge in [-0.05, 0) is 44.0 Å². The molecule has 0 aliphatic carbocycles. The average molecular weight is 381 g/mol. The lowest BCUT2D eigenvalue weighted by Crippen LogP contribution is -2.24. The highest BCUT2D eigenvalue weighted by molar-refractivity contribution is 6.31. The minimum Gasteiger partial charge on any atom is -0.347 e. The molecule has 138 valence electrons. The third-order valence-electron chi connectivity index (χ3n) is 4.11. The number of nitrogens with one attached hydrogen (secondary N) is 2.